The zero-order chi connectivity index (χ0) is 23.0. The van der Waals surface area contributed by atoms with E-state index in [1.165, 1.54) is 25.1 Å². The third-order valence-electron chi connectivity index (χ3n) is 7.28. The molecule has 0 unspecified atom stereocenters. The summed E-state index contributed by atoms with van der Waals surface area (Å²) in [6.07, 6.45) is 7.96. The number of anilines is 1. The van der Waals surface area contributed by atoms with E-state index in [-0.39, 0.29) is 17.3 Å². The van der Waals surface area contributed by atoms with Crippen molar-refractivity contribution in [2.75, 3.05) is 50.8 Å². The lowest BCUT2D eigenvalue weighted by atomic mass is 9.78. The predicted molar refractivity (Wildman–Crippen MR) is 122 cm³/mol. The van der Waals surface area contributed by atoms with Crippen LogP contribution < -0.4 is 4.90 Å². The monoisotopic (exact) mass is 454 g/mol. The molecular formula is C24H31FN6O2. The second-order valence-corrected chi connectivity index (χ2v) is 9.54. The Morgan fingerprint density at radius 1 is 1.15 bits per heavy atom. The molecule has 1 amide bonds. The van der Waals surface area contributed by atoms with Gasteiger partial charge in [-0.05, 0) is 39.2 Å². The van der Waals surface area contributed by atoms with Crippen molar-refractivity contribution in [2.24, 2.45) is 5.41 Å². The van der Waals surface area contributed by atoms with Gasteiger partial charge in [0, 0.05) is 62.5 Å². The molecule has 2 aromatic rings. The molecule has 3 fully saturated rings. The predicted octanol–water partition coefficient (Wildman–Crippen LogP) is 3.12. The number of halogens is 1. The number of rotatable bonds is 4. The molecule has 1 spiro atoms. The van der Waals surface area contributed by atoms with Crippen molar-refractivity contribution in [3.63, 3.8) is 0 Å². The molecule has 0 aromatic carbocycles. The van der Waals surface area contributed by atoms with Crippen LogP contribution in [0, 0.1) is 18.2 Å². The van der Waals surface area contributed by atoms with Gasteiger partial charge in [-0.25, -0.2) is 14.2 Å². The summed E-state index contributed by atoms with van der Waals surface area (Å²) < 4.78 is 19.1. The second-order valence-electron chi connectivity index (χ2n) is 9.54. The summed E-state index contributed by atoms with van der Waals surface area (Å²) in [5.41, 5.74) is 2.41. The summed E-state index contributed by atoms with van der Waals surface area (Å²) in [4.78, 5) is 31.8. The van der Waals surface area contributed by atoms with Crippen LogP contribution in [-0.2, 0) is 4.74 Å². The first-order valence-corrected chi connectivity index (χ1v) is 11.8. The van der Waals surface area contributed by atoms with Crippen LogP contribution in [0.3, 0.4) is 0 Å². The number of amides is 1. The summed E-state index contributed by atoms with van der Waals surface area (Å²) in [5.74, 6) is 0.393. The highest BCUT2D eigenvalue weighted by molar-refractivity contribution is 5.73. The highest BCUT2D eigenvalue weighted by Gasteiger charge is 2.51. The molecule has 1 aliphatic carbocycles. The minimum absolute atomic E-state index is 0.180. The number of carbonyl (C=O) groups is 1. The van der Waals surface area contributed by atoms with E-state index in [2.05, 4.69) is 24.8 Å². The molecule has 9 heteroatoms. The van der Waals surface area contributed by atoms with Crippen LogP contribution in [-0.4, -0.2) is 82.8 Å². The zero-order valence-corrected chi connectivity index (χ0v) is 19.3. The topological polar surface area (TPSA) is 74.7 Å². The highest BCUT2D eigenvalue weighted by Crippen LogP contribution is 2.47. The average Bonchev–Trinajstić information content (AvgIpc) is 3.25. The summed E-state index contributed by atoms with van der Waals surface area (Å²) >= 11 is 0. The first-order valence-electron chi connectivity index (χ1n) is 11.8. The van der Waals surface area contributed by atoms with E-state index in [4.69, 9.17) is 4.74 Å². The summed E-state index contributed by atoms with van der Waals surface area (Å²) in [7, 11) is 0. The first-order chi connectivity index (χ1) is 16.0. The Morgan fingerprint density at radius 2 is 1.94 bits per heavy atom. The lowest BCUT2D eigenvalue weighted by molar-refractivity contribution is -0.00294. The van der Waals surface area contributed by atoms with Crippen molar-refractivity contribution in [3.8, 4) is 11.3 Å². The van der Waals surface area contributed by atoms with Gasteiger partial charge in [0.1, 0.15) is 11.6 Å². The minimum Gasteiger partial charge on any atom is -0.450 e. The fourth-order valence-corrected chi connectivity index (χ4v) is 5.59. The van der Waals surface area contributed by atoms with Crippen LogP contribution in [0.2, 0.25) is 0 Å². The van der Waals surface area contributed by atoms with Gasteiger partial charge in [-0.3, -0.25) is 14.9 Å². The van der Waals surface area contributed by atoms with Crippen molar-refractivity contribution in [1.29, 1.82) is 0 Å². The van der Waals surface area contributed by atoms with Crippen molar-refractivity contribution in [2.45, 2.75) is 39.2 Å². The van der Waals surface area contributed by atoms with E-state index in [1.807, 2.05) is 18.7 Å². The van der Waals surface area contributed by atoms with E-state index in [1.54, 1.807) is 12.4 Å². The average molecular weight is 455 g/mol. The van der Waals surface area contributed by atoms with E-state index in [9.17, 15) is 9.18 Å². The lowest BCUT2D eigenvalue weighted by Crippen LogP contribution is -2.58. The Labute approximate surface area is 193 Å². The minimum atomic E-state index is -0.372. The molecule has 2 aliphatic heterocycles. The Hall–Kier alpha value is -2.81. The Bertz CT molecular complexity index is 1000. The van der Waals surface area contributed by atoms with E-state index < -0.39 is 0 Å². The molecule has 5 rings (SSSR count). The van der Waals surface area contributed by atoms with Gasteiger partial charge < -0.3 is 14.5 Å². The zero-order valence-electron chi connectivity index (χ0n) is 19.3. The largest absolute Gasteiger partial charge is 0.450 e. The van der Waals surface area contributed by atoms with Crippen LogP contribution in [0.4, 0.5) is 15.0 Å². The van der Waals surface area contributed by atoms with Gasteiger partial charge >= 0.3 is 6.09 Å². The van der Waals surface area contributed by atoms with Crippen molar-refractivity contribution < 1.29 is 13.9 Å². The van der Waals surface area contributed by atoms with Crippen molar-refractivity contribution >= 4 is 11.9 Å². The Kier molecular flexibility index (Phi) is 5.90. The van der Waals surface area contributed by atoms with Gasteiger partial charge in [0.25, 0.3) is 0 Å². The van der Waals surface area contributed by atoms with Crippen molar-refractivity contribution in [3.05, 3.63) is 36.2 Å². The number of piperazine rings is 1. The van der Waals surface area contributed by atoms with E-state index in [0.29, 0.717) is 23.9 Å². The van der Waals surface area contributed by atoms with Gasteiger partial charge in [-0.15, -0.1) is 0 Å². The third kappa shape index (κ3) is 4.38. The third-order valence-corrected chi connectivity index (χ3v) is 7.28. The van der Waals surface area contributed by atoms with Crippen LogP contribution in [0.15, 0.2) is 24.7 Å². The number of carbonyl (C=O) groups excluding carboxylic acids is 1. The van der Waals surface area contributed by atoms with Gasteiger partial charge in [0.15, 0.2) is 0 Å². The maximum Gasteiger partial charge on any atom is 0.409 e. The second kappa shape index (κ2) is 8.85. The number of aryl methyl sites for hydroxylation is 1. The number of likely N-dealkylation sites (tertiary alicyclic amines) is 1. The summed E-state index contributed by atoms with van der Waals surface area (Å²) in [6, 6.07) is 2.06. The number of hydrogen-bond donors (Lipinski definition) is 0. The smallest absolute Gasteiger partial charge is 0.409 e. The van der Waals surface area contributed by atoms with Gasteiger partial charge in [-0.2, -0.15) is 0 Å². The maximum absolute atomic E-state index is 14.0. The molecular weight excluding hydrogens is 423 g/mol. The van der Waals surface area contributed by atoms with Gasteiger partial charge in [0.05, 0.1) is 30.4 Å². The van der Waals surface area contributed by atoms with Crippen LogP contribution in [0.25, 0.3) is 11.3 Å². The summed E-state index contributed by atoms with van der Waals surface area (Å²) in [6.45, 7) is 9.36. The van der Waals surface area contributed by atoms with Gasteiger partial charge in [0.2, 0.25) is 0 Å². The summed E-state index contributed by atoms with van der Waals surface area (Å²) in [5, 5.41) is 0. The van der Waals surface area contributed by atoms with Crippen LogP contribution in [0.5, 0.6) is 0 Å². The molecule has 2 aromatic heterocycles. The number of nitrogens with zero attached hydrogens (tertiary/aromatic N) is 6. The molecule has 0 radical (unpaired) electrons. The molecule has 0 N–H and O–H groups in total. The standard InChI is InChI=1S/C24H31FN6O2/c1-3-33-23(32)31-15-24(16-31)5-4-19(11-24)29-6-8-30(9-7-29)22-20(10-18(25)13-28-22)21-14-26-17(2)12-27-21/h10,12-14,19H,3-9,11,15-16H2,1-2H3/t19-/m1/s1. The molecule has 1 saturated carbocycles. The quantitative estimate of drug-likeness (QED) is 0.703. The normalized spacial score (nSPS) is 22.5. The first kappa shape index (κ1) is 22.0. The maximum atomic E-state index is 14.0. The molecule has 33 heavy (non-hydrogen) atoms. The molecule has 8 nitrogen and oxygen atoms in total. The van der Waals surface area contributed by atoms with Gasteiger partial charge in [-0.1, -0.05) is 0 Å². The number of aromatic nitrogens is 3. The SMILES string of the molecule is CCOC(=O)N1CC2(CC[C@@H](N3CCN(c4ncc(F)cc4-c4cnc(C)cn4)CC3)C2)C1. The fourth-order valence-electron chi connectivity index (χ4n) is 5.59. The Balaban J connectivity index is 1.20. The molecule has 2 saturated heterocycles. The van der Waals surface area contributed by atoms with E-state index >= 15 is 0 Å². The number of hydrogen-bond acceptors (Lipinski definition) is 7. The van der Waals surface area contributed by atoms with Crippen LogP contribution in [0.1, 0.15) is 31.9 Å². The molecule has 4 heterocycles. The Morgan fingerprint density at radius 3 is 2.64 bits per heavy atom. The molecule has 0 bridgehead atoms. The molecule has 1 atom stereocenters. The molecule has 176 valence electrons. The molecule has 3 aliphatic rings. The van der Waals surface area contributed by atoms with Crippen molar-refractivity contribution in [1.82, 2.24) is 24.8 Å². The lowest BCUT2D eigenvalue weighted by Gasteiger charge is -2.48. The number of pyridine rings is 1. The van der Waals surface area contributed by atoms with Crippen LogP contribution >= 0.6 is 0 Å². The fraction of sp³-hybridized carbons (Fsp3) is 0.583. The van der Waals surface area contributed by atoms with E-state index in [0.717, 1.165) is 57.2 Å². The highest BCUT2D eigenvalue weighted by atomic mass is 19.1. The number of ether oxygens (including phenoxy) is 1.